The van der Waals surface area contributed by atoms with E-state index in [4.69, 9.17) is 14.2 Å². The molecule has 2 aromatic carbocycles. The smallest absolute Gasteiger partial charge is 0.385 e. The van der Waals surface area contributed by atoms with Crippen LogP contribution in [0.15, 0.2) is 60.7 Å². The van der Waals surface area contributed by atoms with Gasteiger partial charge in [0, 0.05) is 0 Å². The summed E-state index contributed by atoms with van der Waals surface area (Å²) >= 11 is 0. The molecule has 6 rings (SSSR count). The number of ether oxygens (including phenoxy) is 3. The van der Waals surface area contributed by atoms with Gasteiger partial charge >= 0.3 is 24.0 Å². The van der Waals surface area contributed by atoms with Gasteiger partial charge in [-0.1, -0.05) is 60.7 Å². The molecule has 0 N–H and O–H groups in total. The number of nitrogens with zero attached hydrogens (tertiary/aromatic N) is 3. The van der Waals surface area contributed by atoms with Gasteiger partial charge in [0.15, 0.2) is 0 Å². The highest BCUT2D eigenvalue weighted by molar-refractivity contribution is 5.37. The number of rotatable bonds is 3. The summed E-state index contributed by atoms with van der Waals surface area (Å²) in [6, 6.07) is 20.5. The number of hydrogen-bond acceptors (Lipinski definition) is 6. The van der Waals surface area contributed by atoms with Crippen molar-refractivity contribution in [2.75, 3.05) is 0 Å². The van der Waals surface area contributed by atoms with E-state index in [0.717, 1.165) is 11.1 Å². The lowest BCUT2D eigenvalue weighted by molar-refractivity contribution is -0.297. The van der Waals surface area contributed by atoms with Crippen LogP contribution in [0.3, 0.4) is 0 Å². The summed E-state index contributed by atoms with van der Waals surface area (Å²) in [7, 11) is 0. The summed E-state index contributed by atoms with van der Waals surface area (Å²) in [5.41, 5.74) is 2.00. The second-order valence-electron chi connectivity index (χ2n) is 5.35. The van der Waals surface area contributed by atoms with Crippen LogP contribution >= 0.6 is 0 Å². The van der Waals surface area contributed by atoms with Crippen molar-refractivity contribution < 1.29 is 14.2 Å². The number of benzene rings is 2. The Morgan fingerprint density at radius 3 is 1.39 bits per heavy atom. The fraction of sp³-hybridized carbons (Fsp3) is 0.118. The molecule has 0 radical (unpaired) electrons. The second kappa shape index (κ2) is 4.42. The van der Waals surface area contributed by atoms with Crippen molar-refractivity contribution in [3.63, 3.8) is 0 Å². The van der Waals surface area contributed by atoms with E-state index in [-0.39, 0.29) is 23.9 Å². The Hall–Kier alpha value is -3.15. The van der Waals surface area contributed by atoms with Gasteiger partial charge in [0.05, 0.1) is 0 Å². The molecule has 0 saturated carbocycles. The minimum atomic E-state index is -1.37. The third kappa shape index (κ3) is 1.85. The molecule has 6 heteroatoms. The Morgan fingerprint density at radius 2 is 1.00 bits per heavy atom. The molecule has 4 bridgehead atoms. The maximum absolute atomic E-state index is 5.82. The predicted octanol–water partition coefficient (Wildman–Crippen LogP) is 2.52. The van der Waals surface area contributed by atoms with Crippen LogP contribution in [0, 0.1) is 0 Å². The zero-order valence-electron chi connectivity index (χ0n) is 11.9. The minimum Gasteiger partial charge on any atom is -0.385 e. The number of hydrogen-bond donors (Lipinski definition) is 0. The fourth-order valence-corrected chi connectivity index (χ4v) is 2.97. The first kappa shape index (κ1) is 12.4. The zero-order chi connectivity index (χ0) is 15.3. The van der Waals surface area contributed by atoms with Crippen LogP contribution in [0.2, 0.25) is 0 Å². The first-order valence-electron chi connectivity index (χ1n) is 7.25. The molecule has 0 aliphatic carbocycles. The molecule has 3 aliphatic rings. The molecule has 0 atom stereocenters. The van der Waals surface area contributed by atoms with Crippen LogP contribution in [0.5, 0.6) is 18.0 Å². The highest BCUT2D eigenvalue weighted by atomic mass is 16.9. The summed E-state index contributed by atoms with van der Waals surface area (Å²) in [6.45, 7) is 0. The van der Waals surface area contributed by atoms with Gasteiger partial charge < -0.3 is 14.2 Å². The molecule has 3 aromatic rings. The molecule has 4 heterocycles. The Labute approximate surface area is 131 Å². The number of aromatic nitrogens is 3. The molecule has 23 heavy (non-hydrogen) atoms. The molecular weight excluding hydrogens is 294 g/mol. The van der Waals surface area contributed by atoms with Crippen LogP contribution in [0.1, 0.15) is 17.0 Å². The predicted molar refractivity (Wildman–Crippen MR) is 79.2 cm³/mol. The summed E-state index contributed by atoms with van der Waals surface area (Å²) < 4.78 is 17.5. The van der Waals surface area contributed by atoms with Crippen molar-refractivity contribution in [3.05, 3.63) is 71.8 Å². The molecule has 3 aliphatic heterocycles. The van der Waals surface area contributed by atoms with Crippen molar-refractivity contribution in [3.8, 4) is 18.0 Å². The van der Waals surface area contributed by atoms with Gasteiger partial charge in [0.1, 0.15) is 5.92 Å². The highest BCUT2D eigenvalue weighted by Gasteiger charge is 2.56. The van der Waals surface area contributed by atoms with E-state index in [9.17, 15) is 0 Å². The van der Waals surface area contributed by atoms with E-state index in [1.54, 1.807) is 0 Å². The monoisotopic (exact) mass is 305 g/mol. The molecule has 112 valence electrons. The molecule has 6 nitrogen and oxygen atoms in total. The van der Waals surface area contributed by atoms with Crippen LogP contribution in [0.25, 0.3) is 0 Å². The molecule has 0 saturated heterocycles. The Morgan fingerprint density at radius 1 is 0.609 bits per heavy atom. The van der Waals surface area contributed by atoms with E-state index in [1.165, 1.54) is 0 Å². The molecule has 1 aromatic heterocycles. The highest BCUT2D eigenvalue weighted by Crippen LogP contribution is 2.45. The largest absolute Gasteiger partial charge is 0.435 e. The van der Waals surface area contributed by atoms with Crippen molar-refractivity contribution in [1.29, 1.82) is 0 Å². The van der Waals surface area contributed by atoms with Crippen molar-refractivity contribution in [2.45, 2.75) is 11.9 Å². The van der Waals surface area contributed by atoms with E-state index >= 15 is 0 Å². The maximum Gasteiger partial charge on any atom is 0.435 e. The lowest BCUT2D eigenvalue weighted by atomic mass is 9.88. The molecule has 0 amide bonds. The SMILES string of the molecule is c1ccc(C(c2ccccc2)C23Oc4nc(nc(n4)O2)O3)cc1. The van der Waals surface area contributed by atoms with Crippen LogP contribution < -0.4 is 14.2 Å². The van der Waals surface area contributed by atoms with Crippen molar-refractivity contribution >= 4 is 0 Å². The lowest BCUT2D eigenvalue weighted by Crippen LogP contribution is -2.58. The van der Waals surface area contributed by atoms with Gasteiger partial charge in [-0.2, -0.15) is 0 Å². The normalized spacial score (nSPS) is 15.9. The van der Waals surface area contributed by atoms with Gasteiger partial charge in [-0.05, 0) is 11.1 Å². The fourth-order valence-electron chi connectivity index (χ4n) is 2.97. The Kier molecular flexibility index (Phi) is 2.38. The first-order valence-corrected chi connectivity index (χ1v) is 7.25. The summed E-state index contributed by atoms with van der Waals surface area (Å²) in [4.78, 5) is 12.1. The Balaban J connectivity index is 1.68. The van der Waals surface area contributed by atoms with Gasteiger partial charge in [-0.25, -0.2) is 0 Å². The van der Waals surface area contributed by atoms with Gasteiger partial charge in [-0.3, -0.25) is 0 Å². The zero-order valence-corrected chi connectivity index (χ0v) is 11.9. The van der Waals surface area contributed by atoms with Crippen molar-refractivity contribution in [1.82, 2.24) is 15.0 Å². The maximum atomic E-state index is 5.82. The van der Waals surface area contributed by atoms with Gasteiger partial charge in [-0.15, -0.1) is 15.0 Å². The van der Waals surface area contributed by atoms with E-state index in [0.29, 0.717) is 0 Å². The lowest BCUT2D eigenvalue weighted by Gasteiger charge is -2.42. The summed E-state index contributed by atoms with van der Waals surface area (Å²) in [5.74, 6) is -1.68. The van der Waals surface area contributed by atoms with E-state index in [2.05, 4.69) is 15.0 Å². The van der Waals surface area contributed by atoms with E-state index in [1.807, 2.05) is 60.7 Å². The topological polar surface area (TPSA) is 66.4 Å². The summed E-state index contributed by atoms with van der Waals surface area (Å²) in [5, 5.41) is 0. The van der Waals surface area contributed by atoms with Gasteiger partial charge in [0.2, 0.25) is 0 Å². The van der Waals surface area contributed by atoms with Crippen molar-refractivity contribution in [2.24, 2.45) is 0 Å². The molecular formula is C17H11N3O3. The first-order chi connectivity index (χ1) is 11.3. The second-order valence-corrected chi connectivity index (χ2v) is 5.35. The average Bonchev–Trinajstić information content (AvgIpc) is 2.55. The molecule has 0 unspecified atom stereocenters. The van der Waals surface area contributed by atoms with Crippen LogP contribution in [0.4, 0.5) is 0 Å². The molecule has 0 fully saturated rings. The third-order valence-corrected chi connectivity index (χ3v) is 3.89. The van der Waals surface area contributed by atoms with Gasteiger partial charge in [0.25, 0.3) is 0 Å². The van der Waals surface area contributed by atoms with E-state index < -0.39 is 5.97 Å². The average molecular weight is 305 g/mol. The third-order valence-electron chi connectivity index (χ3n) is 3.89. The molecule has 0 spiro atoms. The minimum absolute atomic E-state index is 0.222. The summed E-state index contributed by atoms with van der Waals surface area (Å²) in [6.07, 6.45) is 0. The quantitative estimate of drug-likeness (QED) is 0.741. The van der Waals surface area contributed by atoms with Crippen LogP contribution in [-0.2, 0) is 0 Å². The van der Waals surface area contributed by atoms with Crippen LogP contribution in [-0.4, -0.2) is 20.9 Å². The Bertz CT molecular complexity index is 769. The standard InChI is InChI=1S/C17H11N3O3/c1-3-7-11(8-4-1)13(12-9-5-2-6-10-12)17-21-14-18-15(22-17)20-16(19-14)23-17/h1-10,13H.